The number of alkyl halides is 2. The van der Waals surface area contributed by atoms with Gasteiger partial charge in [-0.25, -0.2) is 4.99 Å². The predicted molar refractivity (Wildman–Crippen MR) is 116 cm³/mol. The van der Waals surface area contributed by atoms with Gasteiger partial charge in [-0.1, -0.05) is 23.8 Å². The van der Waals surface area contributed by atoms with Crippen LogP contribution in [-0.4, -0.2) is 45.2 Å². The maximum atomic E-state index is 12.6. The summed E-state index contributed by atoms with van der Waals surface area (Å²) in [7, 11) is 1.54. The SMILES string of the molecule is CCNC(=NCc1cc(C)ccc1OC(F)F)NCCNC(=O)c1cccc(OC)c1. The standard InChI is InChI=1S/C22H28F2N4O3/c1-4-25-22(28-14-17-12-15(2)8-9-19(17)31-21(23)24)27-11-10-26-20(29)16-6-5-7-18(13-16)30-3/h5-9,12-13,21H,4,10-11,14H2,1-3H3,(H,26,29)(H2,25,27,28). The van der Waals surface area contributed by atoms with Crippen LogP contribution in [0.1, 0.15) is 28.4 Å². The number of ether oxygens (including phenoxy) is 2. The van der Waals surface area contributed by atoms with Gasteiger partial charge in [0.15, 0.2) is 5.96 Å². The molecule has 0 aliphatic rings. The number of carbonyl (C=O) groups is 1. The predicted octanol–water partition coefficient (Wildman–Crippen LogP) is 3.09. The second-order valence-electron chi connectivity index (χ2n) is 6.60. The Morgan fingerprint density at radius 3 is 2.58 bits per heavy atom. The number of rotatable bonds is 10. The Bertz CT molecular complexity index is 891. The van der Waals surface area contributed by atoms with E-state index in [0.29, 0.717) is 42.5 Å². The average Bonchev–Trinajstić information content (AvgIpc) is 2.76. The molecule has 0 unspecified atom stereocenters. The third-order valence-electron chi connectivity index (χ3n) is 4.22. The zero-order valence-electron chi connectivity index (χ0n) is 17.9. The second-order valence-corrected chi connectivity index (χ2v) is 6.60. The van der Waals surface area contributed by atoms with Gasteiger partial charge in [-0.2, -0.15) is 8.78 Å². The van der Waals surface area contributed by atoms with E-state index in [4.69, 9.17) is 4.74 Å². The number of hydrogen-bond acceptors (Lipinski definition) is 4. The van der Waals surface area contributed by atoms with Crippen molar-refractivity contribution in [1.29, 1.82) is 0 Å². The van der Waals surface area contributed by atoms with E-state index >= 15 is 0 Å². The van der Waals surface area contributed by atoms with Gasteiger partial charge in [-0.15, -0.1) is 0 Å². The highest BCUT2D eigenvalue weighted by Gasteiger charge is 2.10. The molecular weight excluding hydrogens is 406 g/mol. The minimum atomic E-state index is -2.90. The van der Waals surface area contributed by atoms with Crippen LogP contribution in [0.2, 0.25) is 0 Å². The fourth-order valence-electron chi connectivity index (χ4n) is 2.77. The molecule has 0 aromatic heterocycles. The van der Waals surface area contributed by atoms with E-state index < -0.39 is 6.61 Å². The Morgan fingerprint density at radius 1 is 1.10 bits per heavy atom. The van der Waals surface area contributed by atoms with Crippen LogP contribution in [-0.2, 0) is 6.54 Å². The molecule has 168 valence electrons. The van der Waals surface area contributed by atoms with Crippen LogP contribution in [0, 0.1) is 6.92 Å². The number of aliphatic imine (C=N–C) groups is 1. The van der Waals surface area contributed by atoms with Crippen molar-refractivity contribution in [3.8, 4) is 11.5 Å². The molecule has 0 fully saturated rings. The van der Waals surface area contributed by atoms with Gasteiger partial charge < -0.3 is 25.4 Å². The van der Waals surface area contributed by atoms with Crippen LogP contribution in [0.4, 0.5) is 8.78 Å². The lowest BCUT2D eigenvalue weighted by molar-refractivity contribution is -0.0504. The largest absolute Gasteiger partial charge is 0.497 e. The lowest BCUT2D eigenvalue weighted by Crippen LogP contribution is -2.41. The van der Waals surface area contributed by atoms with Gasteiger partial charge in [0, 0.05) is 30.8 Å². The van der Waals surface area contributed by atoms with Crippen LogP contribution in [0.3, 0.4) is 0 Å². The van der Waals surface area contributed by atoms with Gasteiger partial charge in [-0.3, -0.25) is 4.79 Å². The number of carbonyl (C=O) groups excluding carboxylic acids is 1. The topological polar surface area (TPSA) is 84.0 Å². The van der Waals surface area contributed by atoms with Gasteiger partial charge in [0.2, 0.25) is 0 Å². The van der Waals surface area contributed by atoms with E-state index in [1.165, 1.54) is 6.07 Å². The summed E-state index contributed by atoms with van der Waals surface area (Å²) in [6.07, 6.45) is 0. The first kappa shape index (κ1) is 23.9. The molecule has 0 aliphatic heterocycles. The quantitative estimate of drug-likeness (QED) is 0.304. The highest BCUT2D eigenvalue weighted by molar-refractivity contribution is 5.94. The number of guanidine groups is 1. The summed E-state index contributed by atoms with van der Waals surface area (Å²) < 4.78 is 35.0. The molecule has 3 N–H and O–H groups in total. The molecule has 0 heterocycles. The first-order valence-corrected chi connectivity index (χ1v) is 9.91. The molecule has 2 rings (SSSR count). The number of benzene rings is 2. The first-order chi connectivity index (χ1) is 14.9. The van der Waals surface area contributed by atoms with Crippen molar-refractivity contribution in [2.75, 3.05) is 26.7 Å². The van der Waals surface area contributed by atoms with Gasteiger partial charge >= 0.3 is 6.61 Å². The molecule has 0 bridgehead atoms. The van der Waals surface area contributed by atoms with Crippen molar-refractivity contribution in [3.63, 3.8) is 0 Å². The lowest BCUT2D eigenvalue weighted by Gasteiger charge is -2.13. The summed E-state index contributed by atoms with van der Waals surface area (Å²) in [6, 6.07) is 11.9. The Hall–Kier alpha value is -3.36. The molecule has 0 spiro atoms. The summed E-state index contributed by atoms with van der Waals surface area (Å²) in [5.41, 5.74) is 1.99. The molecule has 0 saturated carbocycles. The van der Waals surface area contributed by atoms with Crippen LogP contribution >= 0.6 is 0 Å². The van der Waals surface area contributed by atoms with Crippen molar-refractivity contribution in [1.82, 2.24) is 16.0 Å². The van der Waals surface area contributed by atoms with Crippen LogP contribution in [0.15, 0.2) is 47.5 Å². The highest BCUT2D eigenvalue weighted by atomic mass is 19.3. The summed E-state index contributed by atoms with van der Waals surface area (Å²) in [4.78, 5) is 16.7. The van der Waals surface area contributed by atoms with Gasteiger partial charge in [-0.05, 0) is 38.1 Å². The number of methoxy groups -OCH3 is 1. The van der Waals surface area contributed by atoms with Gasteiger partial charge in [0.25, 0.3) is 5.91 Å². The number of hydrogen-bond donors (Lipinski definition) is 3. The number of aryl methyl sites for hydroxylation is 1. The maximum absolute atomic E-state index is 12.6. The van der Waals surface area contributed by atoms with E-state index in [-0.39, 0.29) is 18.2 Å². The van der Waals surface area contributed by atoms with Gasteiger partial charge in [0.05, 0.1) is 13.7 Å². The molecular formula is C22H28F2N4O3. The highest BCUT2D eigenvalue weighted by Crippen LogP contribution is 2.22. The molecule has 0 saturated heterocycles. The number of nitrogens with zero attached hydrogens (tertiary/aromatic N) is 1. The van der Waals surface area contributed by atoms with Crippen LogP contribution < -0.4 is 25.4 Å². The molecule has 0 radical (unpaired) electrons. The smallest absolute Gasteiger partial charge is 0.387 e. The average molecular weight is 434 g/mol. The molecule has 2 aromatic carbocycles. The monoisotopic (exact) mass is 434 g/mol. The van der Waals surface area contributed by atoms with E-state index in [2.05, 4.69) is 25.7 Å². The summed E-state index contributed by atoms with van der Waals surface area (Å²) in [5.74, 6) is 1.00. The lowest BCUT2D eigenvalue weighted by atomic mass is 10.1. The van der Waals surface area contributed by atoms with E-state index in [0.717, 1.165) is 5.56 Å². The number of amides is 1. The third kappa shape index (κ3) is 8.12. The molecule has 2 aromatic rings. The van der Waals surface area contributed by atoms with Crippen molar-refractivity contribution in [2.45, 2.75) is 27.0 Å². The van der Waals surface area contributed by atoms with Crippen LogP contribution in [0.5, 0.6) is 11.5 Å². The Kier molecular flexibility index (Phi) is 9.54. The summed E-state index contributed by atoms with van der Waals surface area (Å²) in [6.45, 7) is 2.46. The van der Waals surface area contributed by atoms with Crippen molar-refractivity contribution in [3.05, 3.63) is 59.2 Å². The fourth-order valence-corrected chi connectivity index (χ4v) is 2.77. The summed E-state index contributed by atoms with van der Waals surface area (Å²) >= 11 is 0. The molecule has 9 heteroatoms. The van der Waals surface area contributed by atoms with Gasteiger partial charge in [0.1, 0.15) is 11.5 Å². The molecule has 7 nitrogen and oxygen atoms in total. The normalized spacial score (nSPS) is 11.2. The third-order valence-corrected chi connectivity index (χ3v) is 4.22. The second kappa shape index (κ2) is 12.4. The van der Waals surface area contributed by atoms with Crippen LogP contribution in [0.25, 0.3) is 0 Å². The van der Waals surface area contributed by atoms with E-state index in [1.54, 1.807) is 43.5 Å². The van der Waals surface area contributed by atoms with Crippen molar-refractivity contribution in [2.24, 2.45) is 4.99 Å². The molecule has 31 heavy (non-hydrogen) atoms. The zero-order valence-corrected chi connectivity index (χ0v) is 17.9. The fraction of sp³-hybridized carbons (Fsp3) is 0.364. The maximum Gasteiger partial charge on any atom is 0.387 e. The minimum absolute atomic E-state index is 0.103. The number of nitrogens with one attached hydrogen (secondary N) is 3. The zero-order chi connectivity index (χ0) is 22.6. The first-order valence-electron chi connectivity index (χ1n) is 9.91. The Morgan fingerprint density at radius 2 is 1.87 bits per heavy atom. The number of halogens is 2. The molecule has 0 atom stereocenters. The molecule has 1 amide bonds. The van der Waals surface area contributed by atoms with E-state index in [1.807, 2.05) is 13.8 Å². The Balaban J connectivity index is 1.92. The van der Waals surface area contributed by atoms with E-state index in [9.17, 15) is 13.6 Å². The molecule has 0 aliphatic carbocycles. The van der Waals surface area contributed by atoms with Crippen molar-refractivity contribution >= 4 is 11.9 Å². The summed E-state index contributed by atoms with van der Waals surface area (Å²) in [5, 5.41) is 9.01. The van der Waals surface area contributed by atoms with Crippen molar-refractivity contribution < 1.29 is 23.0 Å². The Labute approximate surface area is 180 Å². The minimum Gasteiger partial charge on any atom is -0.497 e.